The van der Waals surface area contributed by atoms with Gasteiger partial charge in [-0.1, -0.05) is 35.3 Å². The Morgan fingerprint density at radius 2 is 1.96 bits per heavy atom. The fourth-order valence-electron chi connectivity index (χ4n) is 2.27. The number of para-hydroxylation sites is 1. The van der Waals surface area contributed by atoms with Crippen molar-refractivity contribution in [2.75, 3.05) is 19.1 Å². The van der Waals surface area contributed by atoms with Crippen LogP contribution in [0.25, 0.3) is 0 Å². The van der Waals surface area contributed by atoms with E-state index < -0.39 is 5.97 Å². The SMILES string of the molecule is COC(=O)c1nc(C2CC2)nc(N(C)c2ccccc2Cl)c1Cl. The van der Waals surface area contributed by atoms with Gasteiger partial charge in [0.2, 0.25) is 0 Å². The van der Waals surface area contributed by atoms with E-state index in [-0.39, 0.29) is 16.6 Å². The zero-order chi connectivity index (χ0) is 16.6. The van der Waals surface area contributed by atoms with Crippen LogP contribution in [0.1, 0.15) is 35.1 Å². The monoisotopic (exact) mass is 351 g/mol. The Kier molecular flexibility index (Phi) is 4.41. The summed E-state index contributed by atoms with van der Waals surface area (Å²) >= 11 is 12.6. The summed E-state index contributed by atoms with van der Waals surface area (Å²) in [7, 11) is 3.10. The highest BCUT2D eigenvalue weighted by Gasteiger charge is 2.31. The molecule has 0 aliphatic heterocycles. The number of rotatable bonds is 4. The number of ether oxygens (including phenoxy) is 1. The maximum Gasteiger partial charge on any atom is 0.358 e. The lowest BCUT2D eigenvalue weighted by atomic mass is 10.2. The first-order valence-electron chi connectivity index (χ1n) is 7.17. The van der Waals surface area contributed by atoms with Crippen molar-refractivity contribution >= 4 is 40.7 Å². The standard InChI is InChI=1S/C16H15Cl2N3O2/c1-21(11-6-4-3-5-10(11)17)15-12(18)13(16(22)23-2)19-14(20-15)9-7-8-9/h3-6,9H,7-8H2,1-2H3. The summed E-state index contributed by atoms with van der Waals surface area (Å²) in [5, 5.41) is 0.723. The van der Waals surface area contributed by atoms with E-state index in [1.54, 1.807) is 18.0 Å². The van der Waals surface area contributed by atoms with E-state index in [2.05, 4.69) is 9.97 Å². The average Bonchev–Trinajstić information content (AvgIpc) is 3.39. The molecule has 3 rings (SSSR count). The number of hydrogen-bond donors (Lipinski definition) is 0. The lowest BCUT2D eigenvalue weighted by Crippen LogP contribution is -2.17. The van der Waals surface area contributed by atoms with E-state index >= 15 is 0 Å². The summed E-state index contributed by atoms with van der Waals surface area (Å²) in [5.74, 6) is 0.753. The van der Waals surface area contributed by atoms with Crippen molar-refractivity contribution in [2.45, 2.75) is 18.8 Å². The van der Waals surface area contributed by atoms with Crippen molar-refractivity contribution in [2.24, 2.45) is 0 Å². The van der Waals surface area contributed by atoms with E-state index in [1.807, 2.05) is 18.2 Å². The number of esters is 1. The smallest absolute Gasteiger partial charge is 0.358 e. The van der Waals surface area contributed by atoms with Crippen LogP contribution in [-0.2, 0) is 4.74 Å². The molecular formula is C16H15Cl2N3O2. The van der Waals surface area contributed by atoms with Gasteiger partial charge in [-0.25, -0.2) is 14.8 Å². The van der Waals surface area contributed by atoms with Crippen LogP contribution in [0.2, 0.25) is 10.0 Å². The largest absolute Gasteiger partial charge is 0.464 e. The van der Waals surface area contributed by atoms with Crippen LogP contribution < -0.4 is 4.90 Å². The minimum Gasteiger partial charge on any atom is -0.464 e. The topological polar surface area (TPSA) is 55.3 Å². The molecule has 0 saturated heterocycles. The number of carbonyl (C=O) groups excluding carboxylic acids is 1. The van der Waals surface area contributed by atoms with E-state index in [0.717, 1.165) is 18.5 Å². The first kappa shape index (κ1) is 16.0. The zero-order valence-corrected chi connectivity index (χ0v) is 14.2. The van der Waals surface area contributed by atoms with Gasteiger partial charge in [0.05, 0.1) is 17.8 Å². The summed E-state index contributed by atoms with van der Waals surface area (Å²) in [6.07, 6.45) is 2.02. The summed E-state index contributed by atoms with van der Waals surface area (Å²) in [6.45, 7) is 0. The van der Waals surface area contributed by atoms with E-state index in [9.17, 15) is 4.79 Å². The predicted octanol–water partition coefficient (Wildman–Crippen LogP) is 4.22. The van der Waals surface area contributed by atoms with Gasteiger partial charge in [0.15, 0.2) is 11.5 Å². The molecule has 1 aliphatic rings. The summed E-state index contributed by atoms with van der Waals surface area (Å²) < 4.78 is 4.78. The van der Waals surface area contributed by atoms with E-state index in [4.69, 9.17) is 27.9 Å². The predicted molar refractivity (Wildman–Crippen MR) is 89.9 cm³/mol. The van der Waals surface area contributed by atoms with Gasteiger partial charge in [-0.3, -0.25) is 0 Å². The molecule has 0 amide bonds. The highest BCUT2D eigenvalue weighted by Crippen LogP contribution is 2.41. The third kappa shape index (κ3) is 3.12. The summed E-state index contributed by atoms with van der Waals surface area (Å²) in [6, 6.07) is 7.35. The number of hydrogen-bond acceptors (Lipinski definition) is 5. The van der Waals surface area contributed by atoms with Crippen LogP contribution in [0.4, 0.5) is 11.5 Å². The molecule has 1 fully saturated rings. The molecule has 5 nitrogen and oxygen atoms in total. The van der Waals surface area contributed by atoms with Crippen LogP contribution in [-0.4, -0.2) is 30.1 Å². The second kappa shape index (κ2) is 6.34. The lowest BCUT2D eigenvalue weighted by molar-refractivity contribution is 0.0593. The number of halogens is 2. The third-order valence-electron chi connectivity index (χ3n) is 3.70. The molecular weight excluding hydrogens is 337 g/mol. The molecule has 1 saturated carbocycles. The molecule has 0 bridgehead atoms. The van der Waals surface area contributed by atoms with Gasteiger partial charge in [0, 0.05) is 13.0 Å². The Labute approximate surface area is 144 Å². The van der Waals surface area contributed by atoms with Gasteiger partial charge in [-0.05, 0) is 25.0 Å². The second-order valence-corrected chi connectivity index (χ2v) is 6.13. The molecule has 1 aliphatic carbocycles. The Balaban J connectivity index is 2.12. The highest BCUT2D eigenvalue weighted by atomic mass is 35.5. The van der Waals surface area contributed by atoms with Crippen LogP contribution >= 0.6 is 23.2 Å². The van der Waals surface area contributed by atoms with Gasteiger partial charge in [0.1, 0.15) is 10.8 Å². The molecule has 0 radical (unpaired) electrons. The molecule has 1 aromatic heterocycles. The Morgan fingerprint density at radius 3 is 2.57 bits per heavy atom. The molecule has 1 heterocycles. The first-order valence-corrected chi connectivity index (χ1v) is 7.92. The Hall–Kier alpha value is -1.85. The number of aromatic nitrogens is 2. The van der Waals surface area contributed by atoms with Gasteiger partial charge >= 0.3 is 5.97 Å². The van der Waals surface area contributed by atoms with Crippen molar-refractivity contribution in [3.05, 3.63) is 45.8 Å². The third-order valence-corrected chi connectivity index (χ3v) is 4.37. The molecule has 120 valence electrons. The molecule has 2 aromatic rings. The van der Waals surface area contributed by atoms with Gasteiger partial charge in [-0.2, -0.15) is 0 Å². The molecule has 0 N–H and O–H groups in total. The molecule has 0 spiro atoms. The molecule has 1 aromatic carbocycles. The zero-order valence-electron chi connectivity index (χ0n) is 12.7. The van der Waals surface area contributed by atoms with Crippen molar-refractivity contribution in [1.29, 1.82) is 0 Å². The second-order valence-electron chi connectivity index (χ2n) is 5.34. The minimum absolute atomic E-state index is 0.0833. The van der Waals surface area contributed by atoms with Crippen molar-refractivity contribution in [1.82, 2.24) is 9.97 Å². The summed E-state index contributed by atoms with van der Waals surface area (Å²) in [4.78, 5) is 22.6. The van der Waals surface area contributed by atoms with Crippen LogP contribution in [0.15, 0.2) is 24.3 Å². The fraction of sp³-hybridized carbons (Fsp3) is 0.312. The molecule has 0 atom stereocenters. The van der Waals surface area contributed by atoms with Crippen molar-refractivity contribution < 1.29 is 9.53 Å². The van der Waals surface area contributed by atoms with Crippen LogP contribution in [0.3, 0.4) is 0 Å². The Morgan fingerprint density at radius 1 is 1.26 bits per heavy atom. The number of anilines is 2. The van der Waals surface area contributed by atoms with Gasteiger partial charge in [-0.15, -0.1) is 0 Å². The van der Waals surface area contributed by atoms with Crippen LogP contribution in [0, 0.1) is 0 Å². The minimum atomic E-state index is -0.576. The van der Waals surface area contributed by atoms with Crippen molar-refractivity contribution in [3.8, 4) is 0 Å². The number of carbonyl (C=O) groups is 1. The quantitative estimate of drug-likeness (QED) is 0.772. The average molecular weight is 352 g/mol. The Bertz CT molecular complexity index is 763. The van der Waals surface area contributed by atoms with Gasteiger partial charge < -0.3 is 9.64 Å². The molecule has 0 unspecified atom stereocenters. The van der Waals surface area contributed by atoms with E-state index in [1.165, 1.54) is 7.11 Å². The highest BCUT2D eigenvalue weighted by molar-refractivity contribution is 6.36. The van der Waals surface area contributed by atoms with Crippen LogP contribution in [0.5, 0.6) is 0 Å². The maximum absolute atomic E-state index is 12.0. The molecule has 7 heteroatoms. The number of nitrogens with zero attached hydrogens (tertiary/aromatic N) is 3. The van der Waals surface area contributed by atoms with Gasteiger partial charge in [0.25, 0.3) is 0 Å². The lowest BCUT2D eigenvalue weighted by Gasteiger charge is -2.22. The van der Waals surface area contributed by atoms with E-state index in [0.29, 0.717) is 16.7 Å². The normalized spacial score (nSPS) is 13.7. The number of methoxy groups -OCH3 is 1. The first-order chi connectivity index (χ1) is 11.0. The maximum atomic E-state index is 12.0. The summed E-state index contributed by atoms with van der Waals surface area (Å²) in [5.41, 5.74) is 0.826. The van der Waals surface area contributed by atoms with Crippen molar-refractivity contribution in [3.63, 3.8) is 0 Å². The fourth-order valence-corrected chi connectivity index (χ4v) is 2.82. The number of benzene rings is 1. The molecule has 23 heavy (non-hydrogen) atoms.